The molecule has 1 heterocycles. The molecule has 1 unspecified atom stereocenters. The van der Waals surface area contributed by atoms with Gasteiger partial charge in [0.25, 0.3) is 10.0 Å². The van der Waals surface area contributed by atoms with Crippen molar-refractivity contribution >= 4 is 27.3 Å². The highest BCUT2D eigenvalue weighted by atomic mass is 35.5. The van der Waals surface area contributed by atoms with Gasteiger partial charge in [-0.3, -0.25) is 0 Å². The molecule has 0 radical (unpaired) electrons. The number of hydrogen-bond acceptors (Lipinski definition) is 7. The molecule has 0 aromatic heterocycles. The van der Waals surface area contributed by atoms with Crippen molar-refractivity contribution in [3.63, 3.8) is 0 Å². The first-order chi connectivity index (χ1) is 16.8. The van der Waals surface area contributed by atoms with Crippen LogP contribution in [0.25, 0.3) is 0 Å². The SMILES string of the molecule is COc1ccc(C2=NN(S(=O)(=O)c3ccc(Cl)cc3)C(c3cccc(OC)c3OC)C2)cc1OC. The van der Waals surface area contributed by atoms with Gasteiger partial charge < -0.3 is 18.9 Å². The largest absolute Gasteiger partial charge is 0.493 e. The molecule has 8 nitrogen and oxygen atoms in total. The number of para-hydroxylation sites is 1. The van der Waals surface area contributed by atoms with Crippen LogP contribution in [0.15, 0.2) is 70.7 Å². The number of benzene rings is 3. The topological polar surface area (TPSA) is 86.7 Å². The number of methoxy groups -OCH3 is 4. The van der Waals surface area contributed by atoms with Crippen LogP contribution in [0.3, 0.4) is 0 Å². The lowest BCUT2D eigenvalue weighted by Gasteiger charge is -2.25. The Morgan fingerprint density at radius 3 is 2.17 bits per heavy atom. The van der Waals surface area contributed by atoms with Crippen molar-refractivity contribution in [3.8, 4) is 23.0 Å². The highest BCUT2D eigenvalue weighted by Gasteiger charge is 2.39. The first kappa shape index (κ1) is 24.7. The van der Waals surface area contributed by atoms with Gasteiger partial charge in [0.1, 0.15) is 0 Å². The van der Waals surface area contributed by atoms with Gasteiger partial charge >= 0.3 is 0 Å². The van der Waals surface area contributed by atoms with Gasteiger partial charge in [0.15, 0.2) is 23.0 Å². The van der Waals surface area contributed by atoms with Crippen LogP contribution < -0.4 is 18.9 Å². The van der Waals surface area contributed by atoms with Gasteiger partial charge in [-0.25, -0.2) is 0 Å². The van der Waals surface area contributed by atoms with Gasteiger partial charge in [0, 0.05) is 22.6 Å². The molecular weight excluding hydrogens is 492 g/mol. The van der Waals surface area contributed by atoms with Gasteiger partial charge in [-0.05, 0) is 48.5 Å². The van der Waals surface area contributed by atoms with E-state index in [0.717, 1.165) is 4.41 Å². The molecule has 0 saturated carbocycles. The van der Waals surface area contributed by atoms with E-state index in [0.29, 0.717) is 51.3 Å². The number of hydrogen-bond donors (Lipinski definition) is 0. The van der Waals surface area contributed by atoms with Crippen LogP contribution in [0.1, 0.15) is 23.6 Å². The Morgan fingerprint density at radius 1 is 0.857 bits per heavy atom. The molecule has 4 rings (SSSR count). The standard InChI is InChI=1S/C25H25ClN2O6S/c1-31-22-13-8-16(14-24(22)33-3)20-15-21(19-6-5-7-23(32-2)25(19)34-4)28(27-20)35(29,30)18-11-9-17(26)10-12-18/h5-14,21H,15H2,1-4H3. The molecule has 3 aromatic rings. The number of ether oxygens (including phenoxy) is 4. The molecule has 1 aliphatic rings. The van der Waals surface area contributed by atoms with E-state index < -0.39 is 16.1 Å². The van der Waals surface area contributed by atoms with Crippen LogP contribution in [0.4, 0.5) is 0 Å². The van der Waals surface area contributed by atoms with E-state index in [2.05, 4.69) is 5.10 Å². The van der Waals surface area contributed by atoms with Crippen molar-refractivity contribution in [2.45, 2.75) is 17.4 Å². The van der Waals surface area contributed by atoms with Crippen LogP contribution in [-0.2, 0) is 10.0 Å². The van der Waals surface area contributed by atoms with E-state index in [9.17, 15) is 8.42 Å². The van der Waals surface area contributed by atoms with Crippen molar-refractivity contribution in [2.24, 2.45) is 5.10 Å². The van der Waals surface area contributed by atoms with Crippen LogP contribution >= 0.6 is 11.6 Å². The number of sulfonamides is 1. The second kappa shape index (κ2) is 10.1. The minimum Gasteiger partial charge on any atom is -0.493 e. The maximum absolute atomic E-state index is 13.7. The Balaban J connectivity index is 1.86. The normalized spacial score (nSPS) is 15.5. The van der Waals surface area contributed by atoms with Gasteiger partial charge in [-0.1, -0.05) is 23.7 Å². The van der Waals surface area contributed by atoms with Gasteiger partial charge in [0.2, 0.25) is 0 Å². The Morgan fingerprint density at radius 2 is 1.54 bits per heavy atom. The van der Waals surface area contributed by atoms with Gasteiger partial charge in [0.05, 0.1) is 45.1 Å². The molecule has 3 aromatic carbocycles. The smallest absolute Gasteiger partial charge is 0.279 e. The highest BCUT2D eigenvalue weighted by Crippen LogP contribution is 2.44. The molecule has 0 N–H and O–H groups in total. The summed E-state index contributed by atoms with van der Waals surface area (Å²) in [5.41, 5.74) is 1.91. The fourth-order valence-corrected chi connectivity index (χ4v) is 5.57. The Hall–Kier alpha value is -3.43. The number of halogens is 1. The minimum absolute atomic E-state index is 0.0751. The van der Waals surface area contributed by atoms with E-state index in [-0.39, 0.29) is 4.90 Å². The van der Waals surface area contributed by atoms with E-state index in [4.69, 9.17) is 30.5 Å². The summed E-state index contributed by atoms with van der Waals surface area (Å²) in [6.07, 6.45) is 0.297. The quantitative estimate of drug-likeness (QED) is 0.422. The van der Waals surface area contributed by atoms with Gasteiger partial charge in [-0.15, -0.1) is 0 Å². The molecule has 1 aliphatic heterocycles. The molecule has 35 heavy (non-hydrogen) atoms. The summed E-state index contributed by atoms with van der Waals surface area (Å²) in [5, 5.41) is 5.02. The maximum atomic E-state index is 13.7. The second-order valence-electron chi connectivity index (χ2n) is 7.65. The zero-order valence-corrected chi connectivity index (χ0v) is 21.3. The summed E-state index contributed by atoms with van der Waals surface area (Å²) < 4.78 is 50.4. The van der Waals surface area contributed by atoms with Crippen molar-refractivity contribution in [1.29, 1.82) is 0 Å². The summed E-state index contributed by atoms with van der Waals surface area (Å²) in [6, 6.07) is 16.0. The predicted molar refractivity (Wildman–Crippen MR) is 133 cm³/mol. The summed E-state index contributed by atoms with van der Waals surface area (Å²) in [7, 11) is 2.11. The lowest BCUT2D eigenvalue weighted by atomic mass is 9.98. The zero-order chi connectivity index (χ0) is 25.2. The van der Waals surface area contributed by atoms with Crippen molar-refractivity contribution in [2.75, 3.05) is 28.4 Å². The average molecular weight is 517 g/mol. The van der Waals surface area contributed by atoms with Crippen molar-refractivity contribution in [3.05, 3.63) is 76.8 Å². The summed E-state index contributed by atoms with van der Waals surface area (Å²) in [6.45, 7) is 0. The molecular formula is C25H25ClN2O6S. The van der Waals surface area contributed by atoms with Crippen molar-refractivity contribution < 1.29 is 27.4 Å². The Kier molecular flexibility index (Phi) is 7.09. The Bertz CT molecular complexity index is 1360. The van der Waals surface area contributed by atoms with Gasteiger partial charge in [-0.2, -0.15) is 17.9 Å². The average Bonchev–Trinajstić information content (AvgIpc) is 3.34. The van der Waals surface area contributed by atoms with E-state index in [1.165, 1.54) is 38.5 Å². The molecule has 0 saturated heterocycles. The third-order valence-corrected chi connectivity index (χ3v) is 7.69. The number of rotatable bonds is 8. The Labute approximate surface area is 209 Å². The molecule has 0 aliphatic carbocycles. The predicted octanol–water partition coefficient (Wildman–Crippen LogP) is 4.91. The molecule has 0 bridgehead atoms. The molecule has 0 spiro atoms. The summed E-state index contributed by atoms with van der Waals surface area (Å²) in [4.78, 5) is 0.0751. The molecule has 0 fully saturated rings. The van der Waals surface area contributed by atoms with Crippen LogP contribution in [0.2, 0.25) is 5.02 Å². The minimum atomic E-state index is -4.03. The highest BCUT2D eigenvalue weighted by molar-refractivity contribution is 7.89. The van der Waals surface area contributed by atoms with E-state index in [1.54, 1.807) is 38.5 Å². The molecule has 0 amide bonds. The third-order valence-electron chi connectivity index (χ3n) is 5.74. The van der Waals surface area contributed by atoms with Crippen LogP contribution in [0.5, 0.6) is 23.0 Å². The lowest BCUT2D eigenvalue weighted by molar-refractivity contribution is 0.328. The first-order valence-electron chi connectivity index (χ1n) is 10.6. The second-order valence-corrected chi connectivity index (χ2v) is 9.88. The number of hydrazone groups is 1. The van der Waals surface area contributed by atoms with Crippen molar-refractivity contribution in [1.82, 2.24) is 4.41 Å². The van der Waals surface area contributed by atoms with Crippen LogP contribution in [-0.4, -0.2) is 47.0 Å². The monoisotopic (exact) mass is 516 g/mol. The number of nitrogens with zero attached hydrogens (tertiary/aromatic N) is 2. The van der Waals surface area contributed by atoms with E-state index >= 15 is 0 Å². The molecule has 10 heteroatoms. The summed E-state index contributed by atoms with van der Waals surface area (Å²) >= 11 is 5.99. The van der Waals surface area contributed by atoms with E-state index in [1.807, 2.05) is 12.1 Å². The molecule has 184 valence electrons. The maximum Gasteiger partial charge on any atom is 0.279 e. The summed E-state index contributed by atoms with van der Waals surface area (Å²) in [5.74, 6) is 2.02. The lowest BCUT2D eigenvalue weighted by Crippen LogP contribution is -2.27. The first-order valence-corrected chi connectivity index (χ1v) is 12.5. The molecule has 1 atom stereocenters. The fraction of sp³-hybridized carbons (Fsp3) is 0.240. The zero-order valence-electron chi connectivity index (χ0n) is 19.7. The third kappa shape index (κ3) is 4.61. The fourth-order valence-electron chi connectivity index (χ4n) is 4.02. The van der Waals surface area contributed by atoms with Crippen LogP contribution in [0, 0.1) is 0 Å².